The zero-order chi connectivity index (χ0) is 26.3. The van der Waals surface area contributed by atoms with Gasteiger partial charge in [0.25, 0.3) is 0 Å². The zero-order valence-electron chi connectivity index (χ0n) is 21.1. The summed E-state index contributed by atoms with van der Waals surface area (Å²) >= 11 is 6.02. The highest BCUT2D eigenvalue weighted by Crippen LogP contribution is 2.48. The third kappa shape index (κ3) is 4.56. The van der Waals surface area contributed by atoms with Crippen LogP contribution in [0.2, 0.25) is 5.15 Å². The number of rotatable bonds is 5. The molecule has 2 aliphatic rings. The lowest BCUT2D eigenvalue weighted by molar-refractivity contribution is -0.0719. The number of piperidine rings is 1. The van der Waals surface area contributed by atoms with Gasteiger partial charge in [0.15, 0.2) is 17.2 Å². The Morgan fingerprint density at radius 3 is 2.81 bits per heavy atom. The Morgan fingerprint density at radius 2 is 2.14 bits per heavy atom. The zero-order valence-corrected chi connectivity index (χ0v) is 21.8. The molecule has 2 N–H and O–H groups in total. The summed E-state index contributed by atoms with van der Waals surface area (Å²) in [4.78, 5) is 28.3. The number of aromatic nitrogens is 3. The average molecular weight is 521 g/mol. The maximum Gasteiger partial charge on any atom is 0.358 e. The lowest BCUT2D eigenvalue weighted by Crippen LogP contribution is -2.55. The van der Waals surface area contributed by atoms with Crippen molar-refractivity contribution in [2.75, 3.05) is 30.4 Å². The summed E-state index contributed by atoms with van der Waals surface area (Å²) in [6, 6.07) is 9.19. The highest BCUT2D eigenvalue weighted by Gasteiger charge is 2.48. The maximum absolute atomic E-state index is 12.3. The fourth-order valence-electron chi connectivity index (χ4n) is 5.56. The Labute approximate surface area is 220 Å². The molecule has 1 aliphatic carbocycles. The number of pyridine rings is 1. The SMILES string of the molecule is COC(=O)c1nc(Cl)ccc1N[C@H](C)c1cc(C)cc2nc(C#N)c(N3CCCC4(CCC4O)C3)nc12. The van der Waals surface area contributed by atoms with Crippen molar-refractivity contribution in [2.24, 2.45) is 5.41 Å². The molecule has 1 saturated heterocycles. The number of hydrogen-bond acceptors (Lipinski definition) is 9. The molecule has 2 fully saturated rings. The summed E-state index contributed by atoms with van der Waals surface area (Å²) < 4.78 is 4.88. The minimum Gasteiger partial charge on any atom is -0.464 e. The number of methoxy groups -OCH3 is 1. The summed E-state index contributed by atoms with van der Waals surface area (Å²) in [6.45, 7) is 5.35. The minimum absolute atomic E-state index is 0.0926. The van der Waals surface area contributed by atoms with Crippen molar-refractivity contribution in [3.05, 3.63) is 51.9 Å². The molecule has 0 amide bonds. The molecule has 5 rings (SSSR count). The summed E-state index contributed by atoms with van der Waals surface area (Å²) in [7, 11) is 1.30. The number of ether oxygens (including phenoxy) is 1. The van der Waals surface area contributed by atoms with E-state index in [4.69, 9.17) is 26.3 Å². The van der Waals surface area contributed by atoms with Gasteiger partial charge in [0.1, 0.15) is 11.2 Å². The van der Waals surface area contributed by atoms with Crippen LogP contribution in [0.25, 0.3) is 11.0 Å². The van der Waals surface area contributed by atoms with Crippen LogP contribution >= 0.6 is 11.6 Å². The van der Waals surface area contributed by atoms with E-state index in [-0.39, 0.29) is 34.1 Å². The van der Waals surface area contributed by atoms with E-state index in [1.54, 1.807) is 12.1 Å². The number of benzene rings is 1. The van der Waals surface area contributed by atoms with Crippen LogP contribution in [0.4, 0.5) is 11.5 Å². The van der Waals surface area contributed by atoms with Crippen molar-refractivity contribution in [1.82, 2.24) is 15.0 Å². The minimum atomic E-state index is -0.593. The van der Waals surface area contributed by atoms with Gasteiger partial charge in [-0.05, 0) is 63.3 Å². The molecule has 0 radical (unpaired) electrons. The summed E-state index contributed by atoms with van der Waals surface area (Å²) in [5, 5.41) is 24.0. The van der Waals surface area contributed by atoms with Crippen LogP contribution < -0.4 is 10.2 Å². The Hall–Kier alpha value is -3.48. The van der Waals surface area contributed by atoms with Gasteiger partial charge in [-0.15, -0.1) is 0 Å². The molecule has 0 bridgehead atoms. The number of carbonyl (C=O) groups is 1. The predicted molar refractivity (Wildman–Crippen MR) is 141 cm³/mol. The van der Waals surface area contributed by atoms with Crippen LogP contribution in [-0.2, 0) is 4.74 Å². The first-order chi connectivity index (χ1) is 17.7. The number of nitrogens with zero attached hydrogens (tertiary/aromatic N) is 5. The van der Waals surface area contributed by atoms with Gasteiger partial charge in [0.05, 0.1) is 36.0 Å². The smallest absolute Gasteiger partial charge is 0.358 e. The average Bonchev–Trinajstić information content (AvgIpc) is 2.91. The van der Waals surface area contributed by atoms with Gasteiger partial charge in [-0.25, -0.2) is 19.7 Å². The second kappa shape index (κ2) is 9.77. The van der Waals surface area contributed by atoms with Crippen LogP contribution in [-0.4, -0.2) is 52.3 Å². The Balaban J connectivity index is 1.56. The van der Waals surface area contributed by atoms with Crippen molar-refractivity contribution < 1.29 is 14.6 Å². The highest BCUT2D eigenvalue weighted by atomic mass is 35.5. The fourth-order valence-corrected chi connectivity index (χ4v) is 5.71. The number of aliphatic hydroxyl groups is 1. The van der Waals surface area contributed by atoms with E-state index in [1.165, 1.54) is 7.11 Å². The summed E-state index contributed by atoms with van der Waals surface area (Å²) in [6.07, 6.45) is 3.41. The highest BCUT2D eigenvalue weighted by molar-refractivity contribution is 6.29. The van der Waals surface area contributed by atoms with Crippen LogP contribution in [0.15, 0.2) is 24.3 Å². The number of aryl methyl sites for hydroxylation is 1. The lowest BCUT2D eigenvalue weighted by Gasteiger charge is -2.52. The molecule has 2 unspecified atom stereocenters. The van der Waals surface area contributed by atoms with Crippen LogP contribution in [0.3, 0.4) is 0 Å². The number of halogens is 1. The van der Waals surface area contributed by atoms with E-state index in [1.807, 2.05) is 26.0 Å². The first-order valence-corrected chi connectivity index (χ1v) is 12.8. The molecule has 3 atom stereocenters. The van der Waals surface area contributed by atoms with E-state index in [0.29, 0.717) is 29.1 Å². The first kappa shape index (κ1) is 25.2. The van der Waals surface area contributed by atoms with Gasteiger partial charge in [-0.3, -0.25) is 0 Å². The standard InChI is InChI=1S/C27H29ClN6O3/c1-15-11-17(16(2)30-18-5-6-22(28)32-24(18)26(36)37-3)23-19(12-15)31-20(13-29)25(33-23)34-10-4-8-27(14-34)9-7-21(27)35/h5-6,11-12,16,21,30,35H,4,7-10,14H2,1-3H3/t16-,21?,27?/m1/s1. The number of esters is 1. The molecule has 37 heavy (non-hydrogen) atoms. The van der Waals surface area contributed by atoms with Gasteiger partial charge >= 0.3 is 5.97 Å². The van der Waals surface area contributed by atoms with Crippen molar-refractivity contribution >= 4 is 40.1 Å². The molecule has 1 aromatic carbocycles. The lowest BCUT2D eigenvalue weighted by atomic mass is 9.62. The monoisotopic (exact) mass is 520 g/mol. The molecule has 192 valence electrons. The van der Waals surface area contributed by atoms with E-state index in [2.05, 4.69) is 21.3 Å². The van der Waals surface area contributed by atoms with Gasteiger partial charge in [-0.1, -0.05) is 17.7 Å². The third-order valence-corrected chi connectivity index (χ3v) is 7.85. The number of fused-ring (bicyclic) bond motifs is 1. The maximum atomic E-state index is 12.3. The molecule has 10 heteroatoms. The Morgan fingerprint density at radius 1 is 1.32 bits per heavy atom. The molecule has 3 heterocycles. The number of hydrogen-bond donors (Lipinski definition) is 2. The first-order valence-electron chi connectivity index (χ1n) is 12.4. The van der Waals surface area contributed by atoms with E-state index in [0.717, 1.165) is 43.4 Å². The summed E-state index contributed by atoms with van der Waals surface area (Å²) in [5.74, 6) is -0.0434. The van der Waals surface area contributed by atoms with Gasteiger partial charge in [-0.2, -0.15) is 5.26 Å². The largest absolute Gasteiger partial charge is 0.464 e. The quantitative estimate of drug-likeness (QED) is 0.368. The number of aliphatic hydroxyl groups excluding tert-OH is 1. The predicted octanol–water partition coefficient (Wildman–Crippen LogP) is 4.56. The van der Waals surface area contributed by atoms with E-state index in [9.17, 15) is 15.2 Å². The number of anilines is 2. The van der Waals surface area contributed by atoms with Crippen molar-refractivity contribution in [2.45, 2.75) is 51.7 Å². The second-order valence-electron chi connectivity index (χ2n) is 10.1. The molecule has 3 aromatic rings. The van der Waals surface area contributed by atoms with E-state index < -0.39 is 5.97 Å². The Bertz CT molecular complexity index is 1420. The number of nitriles is 1. The van der Waals surface area contributed by atoms with Gasteiger partial charge < -0.3 is 20.1 Å². The molecular weight excluding hydrogens is 492 g/mol. The van der Waals surface area contributed by atoms with Crippen molar-refractivity contribution in [3.63, 3.8) is 0 Å². The van der Waals surface area contributed by atoms with Crippen molar-refractivity contribution in [3.8, 4) is 6.07 Å². The summed E-state index contributed by atoms with van der Waals surface area (Å²) in [5.41, 5.74) is 3.88. The third-order valence-electron chi connectivity index (χ3n) is 7.64. The van der Waals surface area contributed by atoms with Gasteiger partial charge in [0, 0.05) is 24.1 Å². The van der Waals surface area contributed by atoms with Gasteiger partial charge in [0.2, 0.25) is 0 Å². The fraction of sp³-hybridized carbons (Fsp3) is 0.444. The molecule has 1 spiro atoms. The normalized spacial score (nSPS) is 21.8. The number of nitrogens with one attached hydrogen (secondary N) is 1. The Kier molecular flexibility index (Phi) is 6.65. The topological polar surface area (TPSA) is 124 Å². The molecule has 1 saturated carbocycles. The molecule has 9 nitrogen and oxygen atoms in total. The van der Waals surface area contributed by atoms with Crippen LogP contribution in [0.5, 0.6) is 0 Å². The number of carbonyl (C=O) groups excluding carboxylic acids is 1. The molecule has 2 aromatic heterocycles. The van der Waals surface area contributed by atoms with E-state index >= 15 is 0 Å². The van der Waals surface area contributed by atoms with Crippen LogP contribution in [0.1, 0.15) is 66.0 Å². The van der Waals surface area contributed by atoms with Crippen molar-refractivity contribution in [1.29, 1.82) is 5.26 Å². The second-order valence-corrected chi connectivity index (χ2v) is 10.4. The molecular formula is C27H29ClN6O3. The molecule has 1 aliphatic heterocycles. The van der Waals surface area contributed by atoms with Crippen LogP contribution in [0, 0.1) is 23.7 Å².